The van der Waals surface area contributed by atoms with E-state index in [-0.39, 0.29) is 36.1 Å². The van der Waals surface area contributed by atoms with Crippen LogP contribution in [0.25, 0.3) is 0 Å². The molecule has 8 heteroatoms. The van der Waals surface area contributed by atoms with Crippen molar-refractivity contribution in [3.63, 3.8) is 0 Å². The number of aliphatic imine (C=N–C) groups is 1. The van der Waals surface area contributed by atoms with Gasteiger partial charge in [0, 0.05) is 45.0 Å². The minimum atomic E-state index is -0.460. The molecule has 0 spiro atoms. The third-order valence-electron chi connectivity index (χ3n) is 3.50. The van der Waals surface area contributed by atoms with Gasteiger partial charge in [0.2, 0.25) is 0 Å². The van der Waals surface area contributed by atoms with Gasteiger partial charge in [0.15, 0.2) is 5.96 Å². The number of rotatable bonds is 4. The van der Waals surface area contributed by atoms with E-state index in [1.165, 1.54) is 0 Å². The van der Waals surface area contributed by atoms with E-state index in [0.717, 1.165) is 24.6 Å². The highest BCUT2D eigenvalue weighted by atomic mass is 127. The van der Waals surface area contributed by atoms with Crippen molar-refractivity contribution in [2.45, 2.75) is 38.8 Å². The molecule has 0 unspecified atom stereocenters. The zero-order chi connectivity index (χ0) is 17.6. The smallest absolute Gasteiger partial charge is 0.410 e. The fourth-order valence-electron chi connectivity index (χ4n) is 2.29. The second kappa shape index (κ2) is 9.79. The lowest BCUT2D eigenvalue weighted by Gasteiger charge is -2.40. The normalized spacial score (nSPS) is 15.0. The number of ether oxygens (including phenoxy) is 1. The van der Waals surface area contributed by atoms with Crippen LogP contribution < -0.4 is 10.6 Å². The first-order chi connectivity index (χ1) is 11.4. The van der Waals surface area contributed by atoms with Crippen LogP contribution in [0.3, 0.4) is 0 Å². The maximum Gasteiger partial charge on any atom is 0.410 e. The fraction of sp³-hybridized carbons (Fsp3) is 0.588. The minimum Gasteiger partial charge on any atom is -0.444 e. The van der Waals surface area contributed by atoms with Crippen molar-refractivity contribution in [2.24, 2.45) is 4.99 Å². The molecular weight excluding hydrogens is 433 g/mol. The molecule has 0 aromatic carbocycles. The molecular formula is C17H28IN5O2. The lowest BCUT2D eigenvalue weighted by molar-refractivity contribution is 0.00701. The lowest BCUT2D eigenvalue weighted by Crippen LogP contribution is -2.63. The summed E-state index contributed by atoms with van der Waals surface area (Å²) in [6.45, 7) is 7.60. The molecule has 2 rings (SSSR count). The highest BCUT2D eigenvalue weighted by Gasteiger charge is 2.34. The van der Waals surface area contributed by atoms with Gasteiger partial charge in [-0.1, -0.05) is 6.07 Å². The summed E-state index contributed by atoms with van der Waals surface area (Å²) in [5, 5.41) is 6.57. The molecule has 2 heterocycles. The molecule has 0 bridgehead atoms. The molecule has 1 fully saturated rings. The summed E-state index contributed by atoms with van der Waals surface area (Å²) in [4.78, 5) is 22.1. The SMILES string of the molecule is CN=C(NCCc1ccccn1)NC1CN(C(=O)OC(C)(C)C)C1.I. The molecule has 0 aliphatic carbocycles. The van der Waals surface area contributed by atoms with E-state index in [2.05, 4.69) is 20.6 Å². The van der Waals surface area contributed by atoms with E-state index in [4.69, 9.17) is 4.74 Å². The summed E-state index contributed by atoms with van der Waals surface area (Å²) in [6, 6.07) is 6.08. The van der Waals surface area contributed by atoms with E-state index in [9.17, 15) is 4.79 Å². The summed E-state index contributed by atoms with van der Waals surface area (Å²) >= 11 is 0. The Morgan fingerprint density at radius 3 is 2.68 bits per heavy atom. The van der Waals surface area contributed by atoms with Gasteiger partial charge in [0.05, 0.1) is 6.04 Å². The van der Waals surface area contributed by atoms with Crippen LogP contribution in [0.15, 0.2) is 29.4 Å². The number of amides is 1. The fourth-order valence-corrected chi connectivity index (χ4v) is 2.29. The Morgan fingerprint density at radius 2 is 2.12 bits per heavy atom. The first-order valence-corrected chi connectivity index (χ1v) is 8.22. The first kappa shape index (κ1) is 21.5. The van der Waals surface area contributed by atoms with Crippen molar-refractivity contribution in [2.75, 3.05) is 26.7 Å². The summed E-state index contributed by atoms with van der Waals surface area (Å²) in [6.07, 6.45) is 2.36. The third kappa shape index (κ3) is 7.45. The van der Waals surface area contributed by atoms with Crippen LogP contribution in [0, 0.1) is 0 Å². The zero-order valence-electron chi connectivity index (χ0n) is 15.3. The molecule has 25 heavy (non-hydrogen) atoms. The standard InChI is InChI=1S/C17H27N5O2.HI/c1-17(2,3)24-16(23)22-11-14(12-22)21-15(18-4)20-10-8-13-7-5-6-9-19-13;/h5-7,9,14H,8,10-12H2,1-4H3,(H2,18,20,21);1H. The number of carbonyl (C=O) groups is 1. The van der Waals surface area contributed by atoms with Gasteiger partial charge in [0.1, 0.15) is 5.60 Å². The summed E-state index contributed by atoms with van der Waals surface area (Å²) in [5.74, 6) is 0.736. The van der Waals surface area contributed by atoms with Gasteiger partial charge >= 0.3 is 6.09 Å². The highest BCUT2D eigenvalue weighted by molar-refractivity contribution is 14.0. The molecule has 1 aromatic heterocycles. The molecule has 0 radical (unpaired) electrons. The van der Waals surface area contributed by atoms with Gasteiger partial charge in [-0.3, -0.25) is 9.98 Å². The van der Waals surface area contributed by atoms with Crippen LogP contribution >= 0.6 is 24.0 Å². The van der Waals surface area contributed by atoms with Crippen molar-refractivity contribution in [1.29, 1.82) is 0 Å². The number of aromatic nitrogens is 1. The molecule has 1 aromatic rings. The maximum atomic E-state index is 11.9. The minimum absolute atomic E-state index is 0. The Bertz CT molecular complexity index is 568. The molecule has 0 saturated carbocycles. The predicted octanol–water partition coefficient (Wildman–Crippen LogP) is 2.03. The van der Waals surface area contributed by atoms with E-state index >= 15 is 0 Å². The molecule has 7 nitrogen and oxygen atoms in total. The second-order valence-electron chi connectivity index (χ2n) is 6.80. The molecule has 2 N–H and O–H groups in total. The van der Waals surface area contributed by atoms with Crippen LogP contribution in [0.5, 0.6) is 0 Å². The quantitative estimate of drug-likeness (QED) is 0.408. The summed E-state index contributed by atoms with van der Waals surface area (Å²) < 4.78 is 5.34. The zero-order valence-corrected chi connectivity index (χ0v) is 17.6. The number of nitrogens with one attached hydrogen (secondary N) is 2. The van der Waals surface area contributed by atoms with Gasteiger partial charge in [0.25, 0.3) is 0 Å². The Balaban J connectivity index is 0.00000312. The molecule has 1 aliphatic heterocycles. The van der Waals surface area contributed by atoms with Gasteiger partial charge in [-0.2, -0.15) is 0 Å². The van der Waals surface area contributed by atoms with Gasteiger partial charge in [-0.05, 0) is 32.9 Å². The Morgan fingerprint density at radius 1 is 1.40 bits per heavy atom. The first-order valence-electron chi connectivity index (χ1n) is 8.22. The second-order valence-corrected chi connectivity index (χ2v) is 6.80. The third-order valence-corrected chi connectivity index (χ3v) is 3.50. The highest BCUT2D eigenvalue weighted by Crippen LogP contribution is 2.15. The van der Waals surface area contributed by atoms with E-state index in [0.29, 0.717) is 13.1 Å². The van der Waals surface area contributed by atoms with Crippen LogP contribution in [0.4, 0.5) is 4.79 Å². The Hall–Kier alpha value is -1.58. The van der Waals surface area contributed by atoms with Gasteiger partial charge in [-0.15, -0.1) is 24.0 Å². The number of hydrogen-bond acceptors (Lipinski definition) is 4. The molecule has 1 aliphatic rings. The number of likely N-dealkylation sites (tertiary alicyclic amines) is 1. The maximum absolute atomic E-state index is 11.9. The topological polar surface area (TPSA) is 78.9 Å². The summed E-state index contributed by atoms with van der Waals surface area (Å²) in [5.41, 5.74) is 0.582. The van der Waals surface area contributed by atoms with Crippen LogP contribution in [-0.2, 0) is 11.2 Å². The average Bonchev–Trinajstić information content (AvgIpc) is 2.47. The summed E-state index contributed by atoms with van der Waals surface area (Å²) in [7, 11) is 1.74. The van der Waals surface area contributed by atoms with Crippen molar-refractivity contribution >= 4 is 36.0 Å². The molecule has 1 amide bonds. The number of nitrogens with zero attached hydrogens (tertiary/aromatic N) is 3. The monoisotopic (exact) mass is 461 g/mol. The van der Waals surface area contributed by atoms with E-state index in [1.54, 1.807) is 18.1 Å². The van der Waals surface area contributed by atoms with Gasteiger partial charge < -0.3 is 20.3 Å². The van der Waals surface area contributed by atoms with Gasteiger partial charge in [-0.25, -0.2) is 4.79 Å². The number of hydrogen-bond donors (Lipinski definition) is 2. The van der Waals surface area contributed by atoms with Crippen molar-refractivity contribution in [3.8, 4) is 0 Å². The Kier molecular flexibility index (Phi) is 8.40. The Labute approximate surface area is 166 Å². The van der Waals surface area contributed by atoms with Crippen LogP contribution in [0.2, 0.25) is 0 Å². The number of pyridine rings is 1. The van der Waals surface area contributed by atoms with Crippen LogP contribution in [-0.4, -0.2) is 60.3 Å². The average molecular weight is 461 g/mol. The molecule has 0 atom stereocenters. The van der Waals surface area contributed by atoms with Crippen LogP contribution in [0.1, 0.15) is 26.5 Å². The van der Waals surface area contributed by atoms with E-state index in [1.807, 2.05) is 39.0 Å². The number of halogens is 1. The molecule has 1 saturated heterocycles. The largest absolute Gasteiger partial charge is 0.444 e. The van der Waals surface area contributed by atoms with Crippen molar-refractivity contribution in [1.82, 2.24) is 20.5 Å². The van der Waals surface area contributed by atoms with E-state index < -0.39 is 5.60 Å². The molecule has 140 valence electrons. The number of carbonyl (C=O) groups excluding carboxylic acids is 1. The number of guanidine groups is 1. The van der Waals surface area contributed by atoms with Crippen molar-refractivity contribution in [3.05, 3.63) is 30.1 Å². The predicted molar refractivity (Wildman–Crippen MR) is 109 cm³/mol. The lowest BCUT2D eigenvalue weighted by atomic mass is 10.1. The van der Waals surface area contributed by atoms with Crippen molar-refractivity contribution < 1.29 is 9.53 Å².